The summed E-state index contributed by atoms with van der Waals surface area (Å²) in [4.78, 5) is 18.0. The molecule has 0 aliphatic carbocycles. The van der Waals surface area contributed by atoms with Crippen molar-refractivity contribution < 1.29 is 9.53 Å². The predicted octanol–water partition coefficient (Wildman–Crippen LogP) is 2.33. The Kier molecular flexibility index (Phi) is 8.30. The number of likely N-dealkylation sites (N-methyl/N-ethyl adjacent to an activating group) is 1. The molecule has 0 bridgehead atoms. The van der Waals surface area contributed by atoms with Crippen molar-refractivity contribution in [3.63, 3.8) is 0 Å². The van der Waals surface area contributed by atoms with Gasteiger partial charge in [-0.2, -0.15) is 0 Å². The van der Waals surface area contributed by atoms with Gasteiger partial charge in [-0.05, 0) is 30.4 Å². The molecule has 156 valence electrons. The number of nitrogens with zero attached hydrogens (tertiary/aromatic N) is 2. The molecule has 1 heterocycles. The lowest BCUT2D eigenvalue weighted by Gasteiger charge is -2.27. The Balaban J connectivity index is 1.99. The number of aryl methyl sites for hydroxylation is 1. The highest BCUT2D eigenvalue weighted by Gasteiger charge is 2.22. The molecule has 1 aliphatic rings. The van der Waals surface area contributed by atoms with Crippen molar-refractivity contribution in [2.75, 3.05) is 40.3 Å². The number of aliphatic imine (C=N–C) groups is 1. The monoisotopic (exact) mass is 388 g/mol. The molecule has 0 aromatic heterocycles. The summed E-state index contributed by atoms with van der Waals surface area (Å²) >= 11 is 0. The van der Waals surface area contributed by atoms with Crippen molar-refractivity contribution in [1.29, 1.82) is 0 Å². The van der Waals surface area contributed by atoms with E-state index in [1.54, 1.807) is 19.0 Å². The molecule has 6 heteroatoms. The molecule has 1 aromatic carbocycles. The van der Waals surface area contributed by atoms with Crippen LogP contribution in [0.25, 0.3) is 0 Å². The Hall–Kier alpha value is -2.08. The van der Waals surface area contributed by atoms with Crippen LogP contribution in [0.3, 0.4) is 0 Å². The summed E-state index contributed by atoms with van der Waals surface area (Å²) < 4.78 is 5.68. The molecule has 1 amide bonds. The number of ether oxygens (including phenoxy) is 1. The number of benzene rings is 1. The van der Waals surface area contributed by atoms with Crippen molar-refractivity contribution in [3.8, 4) is 0 Å². The van der Waals surface area contributed by atoms with Gasteiger partial charge in [0.2, 0.25) is 5.91 Å². The zero-order valence-electron chi connectivity index (χ0n) is 18.0. The molecule has 1 atom stereocenters. The summed E-state index contributed by atoms with van der Waals surface area (Å²) in [5.74, 6) is 0.636. The molecular weight excluding hydrogens is 352 g/mol. The van der Waals surface area contributed by atoms with Crippen LogP contribution < -0.4 is 10.6 Å². The first-order chi connectivity index (χ1) is 13.3. The van der Waals surface area contributed by atoms with Crippen LogP contribution in [-0.2, 0) is 21.4 Å². The first-order valence-corrected chi connectivity index (χ1v) is 10.2. The molecule has 1 aromatic rings. The van der Waals surface area contributed by atoms with E-state index < -0.39 is 0 Å². The van der Waals surface area contributed by atoms with Crippen LogP contribution in [0.1, 0.15) is 44.7 Å². The van der Waals surface area contributed by atoms with Gasteiger partial charge in [0, 0.05) is 39.2 Å². The SMILES string of the molecule is CCc1ccc(C(C)(C)CNC(=NCC(=O)N(C)C)NCC2CCCO2)cc1. The van der Waals surface area contributed by atoms with Crippen molar-refractivity contribution in [3.05, 3.63) is 35.4 Å². The van der Waals surface area contributed by atoms with Gasteiger partial charge < -0.3 is 20.3 Å². The molecule has 0 spiro atoms. The van der Waals surface area contributed by atoms with Crippen LogP contribution in [-0.4, -0.2) is 63.2 Å². The average molecular weight is 389 g/mol. The summed E-state index contributed by atoms with van der Waals surface area (Å²) in [6.45, 7) is 8.96. The fraction of sp³-hybridized carbons (Fsp3) is 0.636. The van der Waals surface area contributed by atoms with Crippen LogP contribution in [0.4, 0.5) is 0 Å². The minimum Gasteiger partial charge on any atom is -0.376 e. The number of guanidine groups is 1. The van der Waals surface area contributed by atoms with Gasteiger partial charge in [0.05, 0.1) is 6.10 Å². The van der Waals surface area contributed by atoms with Crippen molar-refractivity contribution in [2.45, 2.75) is 51.6 Å². The van der Waals surface area contributed by atoms with Crippen molar-refractivity contribution in [2.24, 2.45) is 4.99 Å². The Bertz CT molecular complexity index is 647. The van der Waals surface area contributed by atoms with E-state index in [1.807, 2.05) is 0 Å². The number of carbonyl (C=O) groups excluding carboxylic acids is 1. The third kappa shape index (κ3) is 6.82. The fourth-order valence-corrected chi connectivity index (χ4v) is 3.08. The summed E-state index contributed by atoms with van der Waals surface area (Å²) in [5, 5.41) is 6.76. The van der Waals surface area contributed by atoms with Crippen LogP contribution in [0.5, 0.6) is 0 Å². The molecule has 0 saturated carbocycles. The highest BCUT2D eigenvalue weighted by molar-refractivity contribution is 5.84. The van der Waals surface area contributed by atoms with Gasteiger partial charge >= 0.3 is 0 Å². The maximum Gasteiger partial charge on any atom is 0.243 e. The summed E-state index contributed by atoms with van der Waals surface area (Å²) in [6.07, 6.45) is 3.42. The van der Waals surface area contributed by atoms with Gasteiger partial charge in [-0.1, -0.05) is 45.0 Å². The quantitative estimate of drug-likeness (QED) is 0.530. The molecule has 2 rings (SSSR count). The zero-order valence-corrected chi connectivity index (χ0v) is 18.0. The van der Waals surface area contributed by atoms with E-state index in [2.05, 4.69) is 60.7 Å². The van der Waals surface area contributed by atoms with Gasteiger partial charge in [-0.25, -0.2) is 4.99 Å². The lowest BCUT2D eigenvalue weighted by atomic mass is 9.84. The number of hydrogen-bond acceptors (Lipinski definition) is 3. The first kappa shape index (κ1) is 22.2. The van der Waals surface area contributed by atoms with Gasteiger partial charge in [0.1, 0.15) is 6.54 Å². The number of amides is 1. The van der Waals surface area contributed by atoms with Crippen molar-refractivity contribution in [1.82, 2.24) is 15.5 Å². The van der Waals surface area contributed by atoms with Gasteiger partial charge in [0.15, 0.2) is 5.96 Å². The van der Waals surface area contributed by atoms with Crippen LogP contribution >= 0.6 is 0 Å². The maximum atomic E-state index is 11.9. The third-order valence-corrected chi connectivity index (χ3v) is 5.23. The minimum absolute atomic E-state index is 0.0207. The second-order valence-corrected chi connectivity index (χ2v) is 8.26. The lowest BCUT2D eigenvalue weighted by molar-refractivity contribution is -0.127. The highest BCUT2D eigenvalue weighted by Crippen LogP contribution is 2.22. The standard InChI is InChI=1S/C22H36N4O2/c1-6-17-9-11-18(12-10-17)22(2,3)16-25-21(24-15-20(27)26(4)5)23-14-19-8-7-13-28-19/h9-12,19H,6-8,13-16H2,1-5H3,(H2,23,24,25). The number of rotatable bonds is 8. The number of nitrogens with one attached hydrogen (secondary N) is 2. The van der Waals surface area contributed by atoms with Crippen molar-refractivity contribution >= 4 is 11.9 Å². The van der Waals surface area contributed by atoms with E-state index in [9.17, 15) is 4.79 Å². The van der Waals surface area contributed by atoms with Crippen LogP contribution in [0, 0.1) is 0 Å². The molecule has 0 radical (unpaired) electrons. The lowest BCUT2D eigenvalue weighted by Crippen LogP contribution is -2.46. The van der Waals surface area contributed by atoms with E-state index >= 15 is 0 Å². The van der Waals surface area contributed by atoms with Gasteiger partial charge in [0.25, 0.3) is 0 Å². The molecule has 1 saturated heterocycles. The molecule has 1 unspecified atom stereocenters. The topological polar surface area (TPSA) is 66.0 Å². The highest BCUT2D eigenvalue weighted by atomic mass is 16.5. The second-order valence-electron chi connectivity index (χ2n) is 8.26. The summed E-state index contributed by atoms with van der Waals surface area (Å²) in [5.41, 5.74) is 2.56. The predicted molar refractivity (Wildman–Crippen MR) is 115 cm³/mol. The maximum absolute atomic E-state index is 11.9. The largest absolute Gasteiger partial charge is 0.376 e. The molecular formula is C22H36N4O2. The molecule has 1 fully saturated rings. The first-order valence-electron chi connectivity index (χ1n) is 10.2. The average Bonchev–Trinajstić information content (AvgIpc) is 3.20. The van der Waals surface area contributed by atoms with Gasteiger partial charge in [-0.3, -0.25) is 4.79 Å². The van der Waals surface area contributed by atoms with Crippen LogP contribution in [0.15, 0.2) is 29.3 Å². The summed E-state index contributed by atoms with van der Waals surface area (Å²) in [6, 6.07) is 8.79. The fourth-order valence-electron chi connectivity index (χ4n) is 3.08. The van der Waals surface area contributed by atoms with E-state index in [0.717, 1.165) is 25.9 Å². The zero-order chi connectivity index (χ0) is 20.6. The Morgan fingerprint density at radius 3 is 2.54 bits per heavy atom. The summed E-state index contributed by atoms with van der Waals surface area (Å²) in [7, 11) is 3.49. The Morgan fingerprint density at radius 1 is 1.25 bits per heavy atom. The minimum atomic E-state index is -0.0653. The third-order valence-electron chi connectivity index (χ3n) is 5.23. The van der Waals surface area contributed by atoms with E-state index in [1.165, 1.54) is 11.1 Å². The Labute approximate surface area is 169 Å². The number of hydrogen-bond donors (Lipinski definition) is 2. The van der Waals surface area contributed by atoms with E-state index in [0.29, 0.717) is 19.0 Å². The second kappa shape index (κ2) is 10.5. The smallest absolute Gasteiger partial charge is 0.243 e. The molecule has 28 heavy (non-hydrogen) atoms. The van der Waals surface area contributed by atoms with E-state index in [-0.39, 0.29) is 24.0 Å². The molecule has 1 aliphatic heterocycles. The number of carbonyl (C=O) groups is 1. The van der Waals surface area contributed by atoms with Gasteiger partial charge in [-0.15, -0.1) is 0 Å². The van der Waals surface area contributed by atoms with E-state index in [4.69, 9.17) is 4.74 Å². The molecule has 6 nitrogen and oxygen atoms in total. The molecule has 2 N–H and O–H groups in total. The van der Waals surface area contributed by atoms with Crippen LogP contribution in [0.2, 0.25) is 0 Å². The Morgan fingerprint density at radius 2 is 1.96 bits per heavy atom. The normalized spacial score (nSPS) is 17.5.